The molecule has 1 aromatic carbocycles. The van der Waals surface area contributed by atoms with Crippen LogP contribution >= 0.6 is 0 Å². The Bertz CT molecular complexity index is 346. The van der Waals surface area contributed by atoms with E-state index in [1.807, 2.05) is 12.1 Å². The maximum atomic E-state index is 5.77. The molecule has 1 aliphatic heterocycles. The highest BCUT2D eigenvalue weighted by molar-refractivity contribution is 5.27. The second kappa shape index (κ2) is 8.15. The first-order valence-electron chi connectivity index (χ1n) is 7.10. The van der Waals surface area contributed by atoms with Crippen LogP contribution in [-0.4, -0.2) is 50.9 Å². The van der Waals surface area contributed by atoms with E-state index in [4.69, 9.17) is 15.2 Å². The molecule has 19 heavy (non-hydrogen) atoms. The van der Waals surface area contributed by atoms with Gasteiger partial charge in [-0.15, -0.1) is 0 Å². The Hall–Kier alpha value is -1.10. The zero-order valence-corrected chi connectivity index (χ0v) is 11.5. The Morgan fingerprint density at radius 2 is 2.00 bits per heavy atom. The second-order valence-corrected chi connectivity index (χ2v) is 4.84. The van der Waals surface area contributed by atoms with Crippen LogP contribution in [0.5, 0.6) is 5.75 Å². The molecule has 0 aromatic heterocycles. The third kappa shape index (κ3) is 5.19. The lowest BCUT2D eigenvalue weighted by molar-refractivity contribution is 0.137. The van der Waals surface area contributed by atoms with Gasteiger partial charge in [-0.3, -0.25) is 4.90 Å². The monoisotopic (exact) mass is 264 g/mol. The third-order valence-corrected chi connectivity index (χ3v) is 3.35. The Morgan fingerprint density at radius 3 is 2.79 bits per heavy atom. The molecule has 0 saturated carbocycles. The molecular weight excluding hydrogens is 240 g/mol. The van der Waals surface area contributed by atoms with Crippen molar-refractivity contribution in [3.63, 3.8) is 0 Å². The van der Waals surface area contributed by atoms with Crippen molar-refractivity contribution < 1.29 is 9.47 Å². The maximum Gasteiger partial charge on any atom is 0.119 e. The Balaban J connectivity index is 1.69. The van der Waals surface area contributed by atoms with Gasteiger partial charge in [-0.05, 0) is 37.1 Å². The van der Waals surface area contributed by atoms with E-state index in [0.717, 1.165) is 58.0 Å². The van der Waals surface area contributed by atoms with Gasteiger partial charge >= 0.3 is 0 Å². The van der Waals surface area contributed by atoms with Crippen molar-refractivity contribution in [3.05, 3.63) is 29.8 Å². The van der Waals surface area contributed by atoms with Gasteiger partial charge in [0.25, 0.3) is 0 Å². The zero-order chi connectivity index (χ0) is 13.3. The maximum absolute atomic E-state index is 5.77. The predicted molar refractivity (Wildman–Crippen MR) is 76.6 cm³/mol. The Kier molecular flexibility index (Phi) is 6.14. The summed E-state index contributed by atoms with van der Waals surface area (Å²) in [4.78, 5) is 2.40. The van der Waals surface area contributed by atoms with E-state index in [9.17, 15) is 0 Å². The van der Waals surface area contributed by atoms with Crippen LogP contribution in [0.2, 0.25) is 0 Å². The van der Waals surface area contributed by atoms with E-state index in [-0.39, 0.29) is 0 Å². The summed E-state index contributed by atoms with van der Waals surface area (Å²) in [6.45, 7) is 6.24. The molecular formula is C15H24N2O2. The highest BCUT2D eigenvalue weighted by Crippen LogP contribution is 2.12. The fourth-order valence-electron chi connectivity index (χ4n) is 2.23. The van der Waals surface area contributed by atoms with Gasteiger partial charge in [0, 0.05) is 26.2 Å². The number of hydrogen-bond acceptors (Lipinski definition) is 4. The first-order chi connectivity index (χ1) is 9.38. The molecule has 4 heteroatoms. The normalized spacial score (nSPS) is 17.1. The molecule has 2 N–H and O–H groups in total. The van der Waals surface area contributed by atoms with Crippen LogP contribution < -0.4 is 10.5 Å². The smallest absolute Gasteiger partial charge is 0.119 e. The summed E-state index contributed by atoms with van der Waals surface area (Å²) in [7, 11) is 0. The van der Waals surface area contributed by atoms with Crippen LogP contribution in [0, 0.1) is 0 Å². The average Bonchev–Trinajstić information content (AvgIpc) is 2.70. The van der Waals surface area contributed by atoms with E-state index in [0.29, 0.717) is 6.54 Å². The second-order valence-electron chi connectivity index (χ2n) is 4.84. The molecule has 1 fully saturated rings. The van der Waals surface area contributed by atoms with E-state index < -0.39 is 0 Å². The molecule has 0 aliphatic carbocycles. The van der Waals surface area contributed by atoms with Gasteiger partial charge in [-0.25, -0.2) is 0 Å². The summed E-state index contributed by atoms with van der Waals surface area (Å²) in [6, 6.07) is 8.22. The van der Waals surface area contributed by atoms with Gasteiger partial charge in [0.05, 0.1) is 6.61 Å². The largest absolute Gasteiger partial charge is 0.492 e. The molecule has 0 bridgehead atoms. The van der Waals surface area contributed by atoms with Crippen molar-refractivity contribution in [2.45, 2.75) is 12.8 Å². The lowest BCUT2D eigenvalue weighted by atomic mass is 10.1. The Labute approximate surface area is 115 Å². The van der Waals surface area contributed by atoms with Crippen LogP contribution in [-0.2, 0) is 11.2 Å². The summed E-state index contributed by atoms with van der Waals surface area (Å²) < 4.78 is 11.2. The molecule has 1 aliphatic rings. The van der Waals surface area contributed by atoms with Crippen LogP contribution in [0.25, 0.3) is 0 Å². The highest BCUT2D eigenvalue weighted by Gasteiger charge is 2.08. The molecule has 0 unspecified atom stereocenters. The minimum atomic E-state index is 0.692. The van der Waals surface area contributed by atoms with Crippen LogP contribution in [0.4, 0.5) is 0 Å². The quantitative estimate of drug-likeness (QED) is 0.841. The fourth-order valence-corrected chi connectivity index (χ4v) is 2.23. The van der Waals surface area contributed by atoms with Crippen molar-refractivity contribution in [1.29, 1.82) is 0 Å². The standard InChI is InChI=1S/C15H24N2O2/c16-7-6-14-2-4-15(5-3-14)19-13-10-17-8-1-11-18-12-9-17/h2-5H,1,6-13,16H2. The van der Waals surface area contributed by atoms with Gasteiger partial charge in [0.2, 0.25) is 0 Å². The minimum absolute atomic E-state index is 0.692. The number of benzene rings is 1. The van der Waals surface area contributed by atoms with Crippen molar-refractivity contribution >= 4 is 0 Å². The molecule has 1 heterocycles. The topological polar surface area (TPSA) is 47.7 Å². The van der Waals surface area contributed by atoms with Gasteiger partial charge in [-0.1, -0.05) is 12.1 Å². The fraction of sp³-hybridized carbons (Fsp3) is 0.600. The zero-order valence-electron chi connectivity index (χ0n) is 11.5. The summed E-state index contributed by atoms with van der Waals surface area (Å²) in [5, 5.41) is 0. The van der Waals surface area contributed by atoms with E-state index in [1.54, 1.807) is 0 Å². The summed E-state index contributed by atoms with van der Waals surface area (Å²) >= 11 is 0. The highest BCUT2D eigenvalue weighted by atomic mass is 16.5. The van der Waals surface area contributed by atoms with E-state index in [1.165, 1.54) is 5.56 Å². The first-order valence-corrected chi connectivity index (χ1v) is 7.10. The lowest BCUT2D eigenvalue weighted by Gasteiger charge is -2.19. The number of ether oxygens (including phenoxy) is 2. The van der Waals surface area contributed by atoms with Crippen LogP contribution in [0.15, 0.2) is 24.3 Å². The van der Waals surface area contributed by atoms with Crippen molar-refractivity contribution in [2.75, 3.05) is 46.0 Å². The number of hydrogen-bond donors (Lipinski definition) is 1. The molecule has 0 radical (unpaired) electrons. The molecule has 1 saturated heterocycles. The molecule has 2 rings (SSSR count). The average molecular weight is 264 g/mol. The molecule has 0 atom stereocenters. The minimum Gasteiger partial charge on any atom is -0.492 e. The van der Waals surface area contributed by atoms with Gasteiger partial charge in [0.1, 0.15) is 12.4 Å². The van der Waals surface area contributed by atoms with Crippen LogP contribution in [0.3, 0.4) is 0 Å². The molecule has 1 aromatic rings. The SMILES string of the molecule is NCCc1ccc(OCCN2CCCOCC2)cc1. The summed E-state index contributed by atoms with van der Waals surface area (Å²) in [5.74, 6) is 0.937. The summed E-state index contributed by atoms with van der Waals surface area (Å²) in [6.07, 6.45) is 2.04. The van der Waals surface area contributed by atoms with Gasteiger partial charge in [-0.2, -0.15) is 0 Å². The lowest BCUT2D eigenvalue weighted by Crippen LogP contribution is -2.30. The first kappa shape index (κ1) is 14.3. The number of nitrogens with zero attached hydrogens (tertiary/aromatic N) is 1. The van der Waals surface area contributed by atoms with Crippen LogP contribution in [0.1, 0.15) is 12.0 Å². The number of nitrogens with two attached hydrogens (primary N) is 1. The van der Waals surface area contributed by atoms with Gasteiger partial charge < -0.3 is 15.2 Å². The summed E-state index contributed by atoms with van der Waals surface area (Å²) in [5.41, 5.74) is 6.79. The Morgan fingerprint density at radius 1 is 1.16 bits per heavy atom. The van der Waals surface area contributed by atoms with Crippen molar-refractivity contribution in [3.8, 4) is 5.75 Å². The molecule has 0 amide bonds. The molecule has 106 valence electrons. The molecule has 0 spiro atoms. The van der Waals surface area contributed by atoms with Crippen molar-refractivity contribution in [1.82, 2.24) is 4.90 Å². The van der Waals surface area contributed by atoms with E-state index >= 15 is 0 Å². The third-order valence-electron chi connectivity index (χ3n) is 3.35. The van der Waals surface area contributed by atoms with Crippen molar-refractivity contribution in [2.24, 2.45) is 5.73 Å². The van der Waals surface area contributed by atoms with Gasteiger partial charge in [0.15, 0.2) is 0 Å². The number of rotatable bonds is 6. The van der Waals surface area contributed by atoms with E-state index in [2.05, 4.69) is 17.0 Å². The predicted octanol–water partition coefficient (Wildman–Crippen LogP) is 1.29. The molecule has 4 nitrogen and oxygen atoms in total.